The second-order valence-corrected chi connectivity index (χ2v) is 8.33. The summed E-state index contributed by atoms with van der Waals surface area (Å²) >= 11 is 0. The van der Waals surface area contributed by atoms with Gasteiger partial charge in [-0.25, -0.2) is 9.59 Å². The smallest absolute Gasteiger partial charge is 0.434 e. The molecular formula is C16H29NO10S. The fourth-order valence-corrected chi connectivity index (χ4v) is 2.75. The van der Waals surface area contributed by atoms with Crippen molar-refractivity contribution in [2.45, 2.75) is 46.6 Å². The molecule has 0 unspecified atom stereocenters. The molecule has 0 spiro atoms. The van der Waals surface area contributed by atoms with E-state index in [1.807, 2.05) is 0 Å². The van der Waals surface area contributed by atoms with Crippen molar-refractivity contribution in [3.8, 4) is 0 Å². The molecule has 0 aliphatic heterocycles. The molecule has 0 rings (SSSR count). The van der Waals surface area contributed by atoms with E-state index in [1.54, 1.807) is 6.92 Å². The number of carbonyl (C=O) groups excluding carboxylic acids is 3. The van der Waals surface area contributed by atoms with Gasteiger partial charge in [-0.3, -0.25) is 8.98 Å². The lowest BCUT2D eigenvalue weighted by atomic mass is 9.88. The zero-order valence-corrected chi connectivity index (χ0v) is 17.4. The minimum atomic E-state index is -3.91. The quantitative estimate of drug-likeness (QED) is 0.182. The molecule has 11 nitrogen and oxygen atoms in total. The van der Waals surface area contributed by atoms with Crippen molar-refractivity contribution in [2.24, 2.45) is 5.41 Å². The van der Waals surface area contributed by atoms with Gasteiger partial charge in [0.2, 0.25) is 12.7 Å². The van der Waals surface area contributed by atoms with Crippen molar-refractivity contribution in [3.63, 3.8) is 0 Å². The molecule has 0 fully saturated rings. The summed E-state index contributed by atoms with van der Waals surface area (Å²) in [6.45, 7) is 5.01. The molecule has 0 radical (unpaired) electrons. The first-order valence-electron chi connectivity index (χ1n) is 8.67. The van der Waals surface area contributed by atoms with E-state index in [9.17, 15) is 27.9 Å². The molecule has 0 aliphatic rings. The van der Waals surface area contributed by atoms with Crippen molar-refractivity contribution in [1.82, 2.24) is 5.32 Å². The maximum atomic E-state index is 11.8. The summed E-state index contributed by atoms with van der Waals surface area (Å²) in [5.41, 5.74) is -1.30. The molecule has 0 aromatic carbocycles. The number of esters is 1. The van der Waals surface area contributed by atoms with Crippen molar-refractivity contribution in [3.05, 3.63) is 0 Å². The number of aliphatic hydroxyl groups is 1. The van der Waals surface area contributed by atoms with E-state index in [2.05, 4.69) is 19.5 Å². The van der Waals surface area contributed by atoms with Gasteiger partial charge in [-0.15, -0.1) is 0 Å². The van der Waals surface area contributed by atoms with Crippen LogP contribution in [-0.2, 0) is 38.1 Å². The number of carbonyl (C=O) groups is 3. The zero-order valence-electron chi connectivity index (χ0n) is 16.6. The van der Waals surface area contributed by atoms with E-state index >= 15 is 0 Å². The van der Waals surface area contributed by atoms with Crippen molar-refractivity contribution in [2.75, 3.05) is 32.3 Å². The maximum Gasteiger partial charge on any atom is 0.511 e. The lowest BCUT2D eigenvalue weighted by Crippen LogP contribution is -2.42. The molecule has 0 aromatic rings. The van der Waals surface area contributed by atoms with Gasteiger partial charge in [0.15, 0.2) is 6.10 Å². The standard InChI is InChI=1S/C16H29NO10S/c1-5-8-24-15(21)26-11-25-14(20)13(19)16(3,4)10-27-28(22,23)9-6-7-17-12(2)18/h13,19H,5-11H2,1-4H3,(H,17,18)/t13-/m0/s1. The first-order valence-corrected chi connectivity index (χ1v) is 10.2. The molecule has 0 heterocycles. The van der Waals surface area contributed by atoms with Crippen LogP contribution in [0.15, 0.2) is 0 Å². The average molecular weight is 427 g/mol. The normalized spacial score (nSPS) is 12.8. The third-order valence-corrected chi connectivity index (χ3v) is 4.59. The van der Waals surface area contributed by atoms with Crippen molar-refractivity contribution in [1.29, 1.82) is 0 Å². The SMILES string of the molecule is CCCOC(=O)OCOC(=O)[C@H](O)C(C)(C)COS(=O)(=O)CCCNC(C)=O. The minimum absolute atomic E-state index is 0.151. The summed E-state index contributed by atoms with van der Waals surface area (Å²) < 4.78 is 42.2. The van der Waals surface area contributed by atoms with Gasteiger partial charge in [-0.05, 0) is 12.8 Å². The molecule has 1 amide bonds. The molecule has 0 aliphatic carbocycles. The van der Waals surface area contributed by atoms with Crippen LogP contribution in [-0.4, -0.2) is 70.0 Å². The Balaban J connectivity index is 4.37. The number of amides is 1. The monoisotopic (exact) mass is 427 g/mol. The summed E-state index contributed by atoms with van der Waals surface area (Å²) in [6.07, 6.45) is -1.99. The van der Waals surface area contributed by atoms with E-state index in [4.69, 9.17) is 4.18 Å². The van der Waals surface area contributed by atoms with Crippen molar-refractivity contribution >= 4 is 28.1 Å². The highest BCUT2D eigenvalue weighted by Crippen LogP contribution is 2.23. The summed E-state index contributed by atoms with van der Waals surface area (Å²) in [5, 5.41) is 12.5. The van der Waals surface area contributed by atoms with E-state index < -0.39 is 47.2 Å². The fraction of sp³-hybridized carbons (Fsp3) is 0.812. The Morgan fingerprint density at radius 1 is 1.14 bits per heavy atom. The van der Waals surface area contributed by atoms with E-state index in [0.717, 1.165) is 0 Å². The first-order chi connectivity index (χ1) is 12.9. The third kappa shape index (κ3) is 11.7. The Hall–Kier alpha value is -1.92. The van der Waals surface area contributed by atoms with E-state index in [-0.39, 0.29) is 31.2 Å². The highest BCUT2D eigenvalue weighted by Gasteiger charge is 2.36. The number of nitrogens with one attached hydrogen (secondary N) is 1. The molecule has 0 saturated carbocycles. The number of hydrogen-bond donors (Lipinski definition) is 2. The highest BCUT2D eigenvalue weighted by atomic mass is 32.2. The van der Waals surface area contributed by atoms with Crippen LogP contribution in [0.3, 0.4) is 0 Å². The van der Waals surface area contributed by atoms with E-state index in [0.29, 0.717) is 6.42 Å². The molecule has 1 atom stereocenters. The van der Waals surface area contributed by atoms with Gasteiger partial charge in [0, 0.05) is 18.9 Å². The van der Waals surface area contributed by atoms with Crippen LogP contribution in [0.2, 0.25) is 0 Å². The lowest BCUT2D eigenvalue weighted by Gasteiger charge is -2.28. The Kier molecular flexibility index (Phi) is 11.7. The number of hydrogen-bond acceptors (Lipinski definition) is 10. The maximum absolute atomic E-state index is 11.8. The molecule has 28 heavy (non-hydrogen) atoms. The summed E-state index contributed by atoms with van der Waals surface area (Å²) in [5.74, 6) is -1.72. The average Bonchev–Trinajstić information content (AvgIpc) is 2.61. The largest absolute Gasteiger partial charge is 0.511 e. The molecular weight excluding hydrogens is 398 g/mol. The fourth-order valence-electron chi connectivity index (χ4n) is 1.65. The molecule has 0 aromatic heterocycles. The van der Waals surface area contributed by atoms with Crippen LogP contribution < -0.4 is 5.32 Å². The third-order valence-electron chi connectivity index (χ3n) is 3.32. The van der Waals surface area contributed by atoms with Crippen LogP contribution in [0.25, 0.3) is 0 Å². The second-order valence-electron chi connectivity index (χ2n) is 6.58. The predicted molar refractivity (Wildman–Crippen MR) is 96.5 cm³/mol. The number of ether oxygens (including phenoxy) is 3. The van der Waals surface area contributed by atoms with Crippen LogP contribution in [0.1, 0.15) is 40.5 Å². The first kappa shape index (κ1) is 26.1. The van der Waals surface area contributed by atoms with Crippen LogP contribution >= 0.6 is 0 Å². The Labute approximate surface area is 164 Å². The van der Waals surface area contributed by atoms with Gasteiger partial charge in [0.25, 0.3) is 10.1 Å². The van der Waals surface area contributed by atoms with Gasteiger partial charge < -0.3 is 24.6 Å². The van der Waals surface area contributed by atoms with Gasteiger partial charge in [0.05, 0.1) is 19.0 Å². The number of aliphatic hydroxyl groups excluding tert-OH is 1. The Morgan fingerprint density at radius 2 is 1.79 bits per heavy atom. The summed E-state index contributed by atoms with van der Waals surface area (Å²) in [7, 11) is -3.91. The van der Waals surface area contributed by atoms with Gasteiger partial charge >= 0.3 is 12.1 Å². The minimum Gasteiger partial charge on any atom is -0.434 e. The molecule has 164 valence electrons. The summed E-state index contributed by atoms with van der Waals surface area (Å²) in [4.78, 5) is 33.7. The molecule has 2 N–H and O–H groups in total. The Morgan fingerprint density at radius 3 is 2.36 bits per heavy atom. The van der Waals surface area contributed by atoms with Gasteiger partial charge in [-0.1, -0.05) is 20.8 Å². The molecule has 12 heteroatoms. The second kappa shape index (κ2) is 12.5. The van der Waals surface area contributed by atoms with Crippen LogP contribution in [0.5, 0.6) is 0 Å². The van der Waals surface area contributed by atoms with Gasteiger partial charge in [-0.2, -0.15) is 8.42 Å². The topological polar surface area (TPSA) is 155 Å². The van der Waals surface area contributed by atoms with Crippen molar-refractivity contribution < 1.29 is 46.3 Å². The summed E-state index contributed by atoms with van der Waals surface area (Å²) in [6, 6.07) is 0. The molecule has 0 bridgehead atoms. The number of rotatable bonds is 13. The molecule has 0 saturated heterocycles. The van der Waals surface area contributed by atoms with E-state index in [1.165, 1.54) is 20.8 Å². The highest BCUT2D eigenvalue weighted by molar-refractivity contribution is 7.86. The predicted octanol–water partition coefficient (Wildman–Crippen LogP) is 0.310. The zero-order chi connectivity index (χ0) is 21.8. The lowest BCUT2D eigenvalue weighted by molar-refractivity contribution is -0.170. The van der Waals surface area contributed by atoms with Crippen LogP contribution in [0, 0.1) is 5.41 Å². The van der Waals surface area contributed by atoms with Crippen LogP contribution in [0.4, 0.5) is 4.79 Å². The Bertz CT molecular complexity index is 617. The van der Waals surface area contributed by atoms with Gasteiger partial charge in [0.1, 0.15) is 0 Å².